The quantitative estimate of drug-likeness (QED) is 0.508. The molecule has 1 fully saturated rings. The number of benzene rings is 2. The Labute approximate surface area is 151 Å². The molecule has 2 aromatic carbocycles. The second-order valence-electron chi connectivity index (χ2n) is 7.69. The first kappa shape index (κ1) is 16.3. The van der Waals surface area contributed by atoms with Crippen molar-refractivity contribution in [3.63, 3.8) is 0 Å². The van der Waals surface area contributed by atoms with Gasteiger partial charge >= 0.3 is 0 Å². The van der Waals surface area contributed by atoms with E-state index < -0.39 is 0 Å². The molecule has 0 N–H and O–H groups in total. The van der Waals surface area contributed by atoms with Crippen LogP contribution in [0.25, 0.3) is 22.0 Å². The van der Waals surface area contributed by atoms with Gasteiger partial charge in [0.05, 0.1) is 5.39 Å². The number of fused-ring (bicyclic) bond motifs is 1. The summed E-state index contributed by atoms with van der Waals surface area (Å²) < 4.78 is 2.34. The van der Waals surface area contributed by atoms with E-state index in [9.17, 15) is 0 Å². The molecular formula is C24H28N+. The average Bonchev–Trinajstić information content (AvgIpc) is 2.64. The van der Waals surface area contributed by atoms with Gasteiger partial charge in [0, 0.05) is 18.6 Å². The smallest absolute Gasteiger partial charge is 0.198 e. The molecule has 3 aromatic rings. The van der Waals surface area contributed by atoms with Gasteiger partial charge < -0.3 is 0 Å². The van der Waals surface area contributed by atoms with E-state index in [0.717, 1.165) is 5.92 Å². The van der Waals surface area contributed by atoms with Crippen LogP contribution in [-0.2, 0) is 7.05 Å². The number of aromatic nitrogens is 1. The maximum Gasteiger partial charge on any atom is 0.220 e. The van der Waals surface area contributed by atoms with Gasteiger partial charge in [-0.2, -0.15) is 4.57 Å². The first-order valence-electron chi connectivity index (χ1n) is 9.64. The summed E-state index contributed by atoms with van der Waals surface area (Å²) in [5.41, 5.74) is 6.86. The Morgan fingerprint density at radius 2 is 1.64 bits per heavy atom. The Morgan fingerprint density at radius 3 is 2.40 bits per heavy atom. The number of aryl methyl sites for hydroxylation is 2. The largest absolute Gasteiger partial charge is 0.220 e. The van der Waals surface area contributed by atoms with Crippen LogP contribution in [0.4, 0.5) is 0 Å². The van der Waals surface area contributed by atoms with Crippen LogP contribution in [0.3, 0.4) is 0 Å². The molecule has 1 aromatic heterocycles. The van der Waals surface area contributed by atoms with Crippen molar-refractivity contribution in [2.24, 2.45) is 7.05 Å². The lowest BCUT2D eigenvalue weighted by atomic mass is 9.83. The summed E-state index contributed by atoms with van der Waals surface area (Å²) >= 11 is 0. The molecule has 1 saturated carbocycles. The van der Waals surface area contributed by atoms with Gasteiger partial charge in [-0.05, 0) is 54.3 Å². The van der Waals surface area contributed by atoms with Gasteiger partial charge in [-0.1, -0.05) is 49.6 Å². The van der Waals surface area contributed by atoms with Crippen molar-refractivity contribution in [3.05, 3.63) is 65.4 Å². The lowest BCUT2D eigenvalue weighted by Gasteiger charge is -2.22. The summed E-state index contributed by atoms with van der Waals surface area (Å²) in [7, 11) is 2.19. The SMILES string of the molecule is Cc1ccccc1-c1c2ccc(C3CCCCC3)cc2cc(C)[n+]1C. The number of nitrogens with zero attached hydrogens (tertiary/aromatic N) is 1. The fraction of sp³-hybridized carbons (Fsp3) is 0.375. The highest BCUT2D eigenvalue weighted by atomic mass is 14.9. The Balaban J connectivity index is 1.91. The molecule has 1 aliphatic carbocycles. The maximum absolute atomic E-state index is 2.46. The first-order chi connectivity index (χ1) is 12.1. The second-order valence-corrected chi connectivity index (χ2v) is 7.69. The molecule has 0 atom stereocenters. The summed E-state index contributed by atoms with van der Waals surface area (Å²) in [4.78, 5) is 0. The van der Waals surface area contributed by atoms with Crippen molar-refractivity contribution in [2.75, 3.05) is 0 Å². The summed E-state index contributed by atoms with van der Waals surface area (Å²) in [6.07, 6.45) is 6.90. The van der Waals surface area contributed by atoms with Crippen LogP contribution in [0, 0.1) is 13.8 Å². The third kappa shape index (κ3) is 2.97. The highest BCUT2D eigenvalue weighted by Crippen LogP contribution is 2.35. The zero-order valence-electron chi connectivity index (χ0n) is 15.7. The van der Waals surface area contributed by atoms with E-state index in [4.69, 9.17) is 0 Å². The molecule has 0 radical (unpaired) electrons. The van der Waals surface area contributed by atoms with Crippen molar-refractivity contribution in [2.45, 2.75) is 51.9 Å². The first-order valence-corrected chi connectivity index (χ1v) is 9.64. The van der Waals surface area contributed by atoms with Crippen LogP contribution >= 0.6 is 0 Å². The van der Waals surface area contributed by atoms with Crippen molar-refractivity contribution < 1.29 is 4.57 Å². The van der Waals surface area contributed by atoms with Gasteiger partial charge in [0.2, 0.25) is 5.69 Å². The third-order valence-electron chi connectivity index (χ3n) is 6.04. The standard InChI is InChI=1S/C24H28N/c1-17-9-7-8-12-22(17)24-23-14-13-20(19-10-5-4-6-11-19)16-21(23)15-18(2)25(24)3/h7-9,12-16,19H,4-6,10-11H2,1-3H3/q+1. The average molecular weight is 330 g/mol. The molecule has 0 spiro atoms. The lowest BCUT2D eigenvalue weighted by molar-refractivity contribution is -0.665. The van der Waals surface area contributed by atoms with E-state index in [1.807, 2.05) is 0 Å². The van der Waals surface area contributed by atoms with Gasteiger partial charge in [-0.15, -0.1) is 0 Å². The molecule has 0 unspecified atom stereocenters. The van der Waals surface area contributed by atoms with Crippen LogP contribution in [-0.4, -0.2) is 0 Å². The Kier molecular flexibility index (Phi) is 4.33. The monoisotopic (exact) mass is 330 g/mol. The van der Waals surface area contributed by atoms with Crippen LogP contribution in [0.5, 0.6) is 0 Å². The molecular weight excluding hydrogens is 302 g/mol. The molecule has 0 saturated heterocycles. The Morgan fingerprint density at radius 1 is 0.880 bits per heavy atom. The van der Waals surface area contributed by atoms with E-state index in [2.05, 4.69) is 74.0 Å². The van der Waals surface area contributed by atoms with Crippen molar-refractivity contribution in [3.8, 4) is 11.3 Å². The molecule has 4 rings (SSSR count). The molecule has 0 amide bonds. The fourth-order valence-corrected chi connectivity index (χ4v) is 4.45. The molecule has 0 aliphatic heterocycles. The van der Waals surface area contributed by atoms with Crippen molar-refractivity contribution in [1.29, 1.82) is 0 Å². The van der Waals surface area contributed by atoms with Crippen LogP contribution in [0.1, 0.15) is 54.8 Å². The van der Waals surface area contributed by atoms with Crippen molar-refractivity contribution >= 4 is 10.8 Å². The van der Waals surface area contributed by atoms with Crippen LogP contribution in [0.15, 0.2) is 48.5 Å². The highest BCUT2D eigenvalue weighted by Gasteiger charge is 2.21. The number of hydrogen-bond acceptors (Lipinski definition) is 0. The van der Waals surface area contributed by atoms with Crippen LogP contribution < -0.4 is 4.57 Å². The summed E-state index contributed by atoms with van der Waals surface area (Å²) in [5, 5.41) is 2.75. The van der Waals surface area contributed by atoms with Gasteiger partial charge in [-0.3, -0.25) is 0 Å². The number of hydrogen-bond donors (Lipinski definition) is 0. The second kappa shape index (κ2) is 6.63. The van der Waals surface area contributed by atoms with Gasteiger partial charge in [0.1, 0.15) is 7.05 Å². The Bertz CT molecular complexity index is 917. The summed E-state index contributed by atoms with van der Waals surface area (Å²) in [6.45, 7) is 4.42. The van der Waals surface area contributed by atoms with Gasteiger partial charge in [0.15, 0.2) is 5.69 Å². The minimum Gasteiger partial charge on any atom is -0.198 e. The molecule has 25 heavy (non-hydrogen) atoms. The molecule has 1 heteroatoms. The van der Waals surface area contributed by atoms with E-state index >= 15 is 0 Å². The molecule has 1 heterocycles. The molecule has 1 aliphatic rings. The molecule has 1 nitrogen and oxygen atoms in total. The van der Waals surface area contributed by atoms with E-state index in [1.165, 1.54) is 71.0 Å². The van der Waals surface area contributed by atoms with E-state index in [0.29, 0.717) is 0 Å². The zero-order chi connectivity index (χ0) is 17.4. The van der Waals surface area contributed by atoms with E-state index in [-0.39, 0.29) is 0 Å². The lowest BCUT2D eigenvalue weighted by Crippen LogP contribution is -2.35. The topological polar surface area (TPSA) is 3.88 Å². The van der Waals surface area contributed by atoms with E-state index in [1.54, 1.807) is 0 Å². The van der Waals surface area contributed by atoms with Crippen molar-refractivity contribution in [1.82, 2.24) is 0 Å². The van der Waals surface area contributed by atoms with Crippen LogP contribution in [0.2, 0.25) is 0 Å². The Hall–Kier alpha value is -2.15. The normalized spacial score (nSPS) is 15.6. The number of rotatable bonds is 2. The number of pyridine rings is 1. The van der Waals surface area contributed by atoms with Gasteiger partial charge in [0.25, 0.3) is 0 Å². The predicted molar refractivity (Wildman–Crippen MR) is 106 cm³/mol. The molecule has 128 valence electrons. The zero-order valence-corrected chi connectivity index (χ0v) is 15.7. The minimum absolute atomic E-state index is 0.759. The predicted octanol–water partition coefficient (Wildman–Crippen LogP) is 6.00. The minimum atomic E-state index is 0.759. The summed E-state index contributed by atoms with van der Waals surface area (Å²) in [5.74, 6) is 0.759. The maximum atomic E-state index is 2.46. The highest BCUT2D eigenvalue weighted by molar-refractivity contribution is 5.94. The third-order valence-corrected chi connectivity index (χ3v) is 6.04. The molecule has 0 bridgehead atoms. The fourth-order valence-electron chi connectivity index (χ4n) is 4.45. The van der Waals surface area contributed by atoms with Gasteiger partial charge in [-0.25, -0.2) is 0 Å². The summed E-state index contributed by atoms with van der Waals surface area (Å²) in [6, 6.07) is 18.3.